The van der Waals surface area contributed by atoms with Gasteiger partial charge in [0.05, 0.1) is 25.4 Å². The average Bonchev–Trinajstić information content (AvgIpc) is 3.28. The molecular weight excluding hydrogens is 779 g/mol. The SMILES string of the molecule is CCCCC/C=C\C/C=C\CCCCCCCCCCCC(=O)OCCCCCCCCCCCCCCCCCCCC(=O)NC(CO)C(O)CCCCCCCCCCCC. The fourth-order valence-electron chi connectivity index (χ4n) is 8.67. The number of aliphatic hydroxyl groups is 2. The van der Waals surface area contributed by atoms with Crippen LogP contribution in [0.5, 0.6) is 0 Å². The van der Waals surface area contributed by atoms with E-state index in [1.807, 2.05) is 0 Å². The molecule has 0 saturated carbocycles. The maximum absolute atomic E-state index is 12.4. The monoisotopic (exact) mass is 888 g/mol. The van der Waals surface area contributed by atoms with Crippen LogP contribution in [0.15, 0.2) is 24.3 Å². The van der Waals surface area contributed by atoms with Gasteiger partial charge < -0.3 is 20.3 Å². The van der Waals surface area contributed by atoms with E-state index in [0.717, 1.165) is 51.4 Å². The third-order valence-corrected chi connectivity index (χ3v) is 13.0. The molecule has 2 atom stereocenters. The zero-order valence-electron chi connectivity index (χ0n) is 42.3. The molecular formula is C57H109NO5. The lowest BCUT2D eigenvalue weighted by molar-refractivity contribution is -0.143. The van der Waals surface area contributed by atoms with Crippen LogP contribution in [-0.4, -0.2) is 47.4 Å². The van der Waals surface area contributed by atoms with Crippen molar-refractivity contribution >= 4 is 11.9 Å². The number of hydrogen-bond donors (Lipinski definition) is 3. The highest BCUT2D eigenvalue weighted by molar-refractivity contribution is 5.76. The van der Waals surface area contributed by atoms with Crippen LogP contribution >= 0.6 is 0 Å². The molecule has 0 fully saturated rings. The van der Waals surface area contributed by atoms with E-state index in [0.29, 0.717) is 25.9 Å². The van der Waals surface area contributed by atoms with Crippen LogP contribution in [0, 0.1) is 0 Å². The van der Waals surface area contributed by atoms with Crippen molar-refractivity contribution in [1.82, 2.24) is 5.32 Å². The molecule has 6 heteroatoms. The number of esters is 1. The molecule has 0 rings (SSSR count). The minimum absolute atomic E-state index is 0.00156. The molecule has 0 bridgehead atoms. The van der Waals surface area contributed by atoms with Crippen molar-refractivity contribution in [2.45, 2.75) is 315 Å². The molecule has 0 aliphatic heterocycles. The Morgan fingerprint density at radius 2 is 0.794 bits per heavy atom. The first kappa shape index (κ1) is 61.3. The van der Waals surface area contributed by atoms with Gasteiger partial charge in [0.25, 0.3) is 0 Å². The van der Waals surface area contributed by atoms with Crippen LogP contribution in [-0.2, 0) is 14.3 Å². The topological polar surface area (TPSA) is 95.9 Å². The molecule has 0 aromatic carbocycles. The summed E-state index contributed by atoms with van der Waals surface area (Å²) in [6, 6.07) is -0.544. The van der Waals surface area contributed by atoms with Crippen molar-refractivity contribution in [3.8, 4) is 0 Å². The number of carbonyl (C=O) groups is 2. The minimum atomic E-state index is -0.666. The predicted molar refractivity (Wildman–Crippen MR) is 273 cm³/mol. The van der Waals surface area contributed by atoms with Crippen molar-refractivity contribution in [1.29, 1.82) is 0 Å². The highest BCUT2D eigenvalue weighted by Gasteiger charge is 2.20. The summed E-state index contributed by atoms with van der Waals surface area (Å²) < 4.78 is 5.49. The quantitative estimate of drug-likeness (QED) is 0.0321. The standard InChI is InChI=1S/C57H109NO5/c1-3-5-7-9-11-13-15-16-17-18-19-22-25-28-31-35-39-43-47-51-57(62)63-52-48-44-40-36-32-29-26-23-20-21-24-27-30-34-38-42-46-50-56(61)58-54(53-59)55(60)49-45-41-37-33-14-12-10-8-6-4-2/h11,13,16-17,54-55,59-60H,3-10,12,14-15,18-53H2,1-2H3,(H,58,61)/b13-11-,17-16-. The zero-order chi connectivity index (χ0) is 45.8. The highest BCUT2D eigenvalue weighted by atomic mass is 16.5. The fraction of sp³-hybridized carbons (Fsp3) is 0.895. The number of rotatable bonds is 52. The molecule has 3 N–H and O–H groups in total. The van der Waals surface area contributed by atoms with Crippen LogP contribution < -0.4 is 5.32 Å². The van der Waals surface area contributed by atoms with Crippen molar-refractivity contribution in [2.24, 2.45) is 0 Å². The van der Waals surface area contributed by atoms with E-state index in [-0.39, 0.29) is 18.5 Å². The number of allylic oxidation sites excluding steroid dienone is 4. The van der Waals surface area contributed by atoms with Gasteiger partial charge in [0.15, 0.2) is 0 Å². The average molecular weight is 889 g/mol. The molecule has 0 heterocycles. The third-order valence-electron chi connectivity index (χ3n) is 13.0. The maximum Gasteiger partial charge on any atom is 0.305 e. The Bertz CT molecular complexity index is 982. The van der Waals surface area contributed by atoms with E-state index in [1.165, 1.54) is 218 Å². The van der Waals surface area contributed by atoms with Gasteiger partial charge in [0, 0.05) is 12.8 Å². The Balaban J connectivity index is 3.38. The van der Waals surface area contributed by atoms with Gasteiger partial charge in [0.1, 0.15) is 0 Å². The van der Waals surface area contributed by atoms with Gasteiger partial charge in [-0.1, -0.05) is 256 Å². The Kier molecular flexibility index (Phi) is 51.6. The summed E-state index contributed by atoms with van der Waals surface area (Å²) in [4.78, 5) is 24.5. The second-order valence-corrected chi connectivity index (χ2v) is 19.3. The summed E-state index contributed by atoms with van der Waals surface area (Å²) in [6.45, 7) is 4.91. The Morgan fingerprint density at radius 1 is 0.444 bits per heavy atom. The number of aliphatic hydroxyl groups excluding tert-OH is 2. The summed E-state index contributed by atoms with van der Waals surface area (Å²) in [5.74, 6) is -0.0401. The van der Waals surface area contributed by atoms with Crippen LogP contribution in [0.3, 0.4) is 0 Å². The van der Waals surface area contributed by atoms with Gasteiger partial charge in [-0.05, 0) is 57.8 Å². The Labute approximate surface area is 392 Å². The molecule has 0 aromatic rings. The molecule has 0 aromatic heterocycles. The van der Waals surface area contributed by atoms with Crippen molar-refractivity contribution in [2.75, 3.05) is 13.2 Å². The molecule has 0 aliphatic rings. The summed E-state index contributed by atoms with van der Waals surface area (Å²) >= 11 is 0. The molecule has 1 amide bonds. The highest BCUT2D eigenvalue weighted by Crippen LogP contribution is 2.17. The summed E-state index contributed by atoms with van der Waals surface area (Å²) in [5, 5.41) is 23.1. The molecule has 0 radical (unpaired) electrons. The van der Waals surface area contributed by atoms with Gasteiger partial charge in [-0.15, -0.1) is 0 Å². The lowest BCUT2D eigenvalue weighted by Crippen LogP contribution is -2.45. The first-order valence-electron chi connectivity index (χ1n) is 28.1. The molecule has 63 heavy (non-hydrogen) atoms. The summed E-state index contributed by atoms with van der Waals surface area (Å²) in [7, 11) is 0. The van der Waals surface area contributed by atoms with E-state index in [2.05, 4.69) is 43.5 Å². The predicted octanol–water partition coefficient (Wildman–Crippen LogP) is 17.1. The van der Waals surface area contributed by atoms with E-state index < -0.39 is 12.1 Å². The van der Waals surface area contributed by atoms with Crippen molar-refractivity contribution < 1.29 is 24.5 Å². The fourth-order valence-corrected chi connectivity index (χ4v) is 8.67. The van der Waals surface area contributed by atoms with Gasteiger partial charge >= 0.3 is 5.97 Å². The lowest BCUT2D eigenvalue weighted by atomic mass is 10.0. The summed E-state index contributed by atoms with van der Waals surface area (Å²) in [5.41, 5.74) is 0. The van der Waals surface area contributed by atoms with Crippen LogP contribution in [0.25, 0.3) is 0 Å². The van der Waals surface area contributed by atoms with Gasteiger partial charge in [-0.3, -0.25) is 9.59 Å². The second-order valence-electron chi connectivity index (χ2n) is 19.3. The smallest absolute Gasteiger partial charge is 0.305 e. The van der Waals surface area contributed by atoms with E-state index in [1.54, 1.807) is 0 Å². The molecule has 2 unspecified atom stereocenters. The van der Waals surface area contributed by atoms with Crippen LogP contribution in [0.2, 0.25) is 0 Å². The molecule has 0 aliphatic carbocycles. The van der Waals surface area contributed by atoms with Crippen molar-refractivity contribution in [3.63, 3.8) is 0 Å². The Hall–Kier alpha value is -1.66. The van der Waals surface area contributed by atoms with Crippen LogP contribution in [0.1, 0.15) is 303 Å². The number of nitrogens with one attached hydrogen (secondary N) is 1. The maximum atomic E-state index is 12.4. The third kappa shape index (κ3) is 49.6. The van der Waals surface area contributed by atoms with Gasteiger partial charge in [0.2, 0.25) is 5.91 Å². The second kappa shape index (κ2) is 53.0. The van der Waals surface area contributed by atoms with Crippen molar-refractivity contribution in [3.05, 3.63) is 24.3 Å². The number of carbonyl (C=O) groups excluding carboxylic acids is 2. The molecule has 0 saturated heterocycles. The molecule has 0 spiro atoms. The normalized spacial score (nSPS) is 12.8. The minimum Gasteiger partial charge on any atom is -0.466 e. The summed E-state index contributed by atoms with van der Waals surface area (Å²) in [6.07, 6.45) is 63.1. The number of amides is 1. The zero-order valence-corrected chi connectivity index (χ0v) is 42.3. The van der Waals surface area contributed by atoms with Crippen LogP contribution in [0.4, 0.5) is 0 Å². The van der Waals surface area contributed by atoms with E-state index >= 15 is 0 Å². The lowest BCUT2D eigenvalue weighted by Gasteiger charge is -2.22. The van der Waals surface area contributed by atoms with E-state index in [9.17, 15) is 19.8 Å². The largest absolute Gasteiger partial charge is 0.466 e. The van der Waals surface area contributed by atoms with Gasteiger partial charge in [-0.25, -0.2) is 0 Å². The first-order chi connectivity index (χ1) is 31.0. The number of ether oxygens (including phenoxy) is 1. The molecule has 372 valence electrons. The number of hydrogen-bond acceptors (Lipinski definition) is 5. The molecule has 6 nitrogen and oxygen atoms in total. The van der Waals surface area contributed by atoms with E-state index in [4.69, 9.17) is 4.74 Å². The first-order valence-corrected chi connectivity index (χ1v) is 28.1. The van der Waals surface area contributed by atoms with Gasteiger partial charge in [-0.2, -0.15) is 0 Å². The number of unbranched alkanes of at least 4 members (excludes halogenated alkanes) is 37. The Morgan fingerprint density at radius 3 is 1.24 bits per heavy atom.